The normalized spacial score (nSPS) is 8.71. The van der Waals surface area contributed by atoms with Gasteiger partial charge in [-0.2, -0.15) is 0 Å². The minimum atomic E-state index is 1.28. The van der Waals surface area contributed by atoms with Gasteiger partial charge < -0.3 is 0 Å². The molecule has 0 amide bonds. The molecule has 0 bridgehead atoms. The summed E-state index contributed by atoms with van der Waals surface area (Å²) in [6.07, 6.45) is 0. The minimum Gasteiger partial charge on any atom is -0.0683 e. The molecule has 0 aromatic heterocycles. The van der Waals surface area contributed by atoms with Crippen molar-refractivity contribution >= 4 is 0 Å². The van der Waals surface area contributed by atoms with Crippen LogP contribution in [-0.4, -0.2) is 0 Å². The molecule has 0 spiro atoms. The predicted molar refractivity (Wildman–Crippen MR) is 63.2 cm³/mol. The van der Waals surface area contributed by atoms with Gasteiger partial charge in [-0.1, -0.05) is 74.5 Å². The lowest BCUT2D eigenvalue weighted by atomic mass is 10.1. The molecule has 2 aromatic carbocycles. The highest BCUT2D eigenvalue weighted by Crippen LogP contribution is 2.17. The molecule has 0 saturated carbocycles. The highest BCUT2D eigenvalue weighted by Gasteiger charge is 1.91. The average Bonchev–Trinajstić information content (AvgIpc) is 2.34. The molecule has 0 heteroatoms. The fourth-order valence-electron chi connectivity index (χ4n) is 1.26. The molecule has 72 valence electrons. The summed E-state index contributed by atoms with van der Waals surface area (Å²) in [6.45, 7) is 4.00. The van der Waals surface area contributed by atoms with E-state index in [4.69, 9.17) is 0 Å². The summed E-state index contributed by atoms with van der Waals surface area (Å²) in [5.74, 6) is 0. The lowest BCUT2D eigenvalue weighted by molar-refractivity contribution is 1.50. The topological polar surface area (TPSA) is 0 Å². The van der Waals surface area contributed by atoms with Crippen LogP contribution in [-0.2, 0) is 0 Å². The predicted octanol–water partition coefficient (Wildman–Crippen LogP) is 4.38. The molecule has 0 N–H and O–H groups in total. The quantitative estimate of drug-likeness (QED) is 0.617. The summed E-state index contributed by atoms with van der Waals surface area (Å²) >= 11 is 0. The summed E-state index contributed by atoms with van der Waals surface area (Å²) in [6, 6.07) is 20.8. The molecular formula is C14H16. The van der Waals surface area contributed by atoms with Gasteiger partial charge in [-0.15, -0.1) is 0 Å². The van der Waals surface area contributed by atoms with Crippen LogP contribution in [0, 0.1) is 0 Å². The molecule has 2 rings (SSSR count). The van der Waals surface area contributed by atoms with E-state index in [1.54, 1.807) is 0 Å². The van der Waals surface area contributed by atoms with Crippen LogP contribution in [0.1, 0.15) is 13.8 Å². The van der Waals surface area contributed by atoms with Crippen molar-refractivity contribution in [2.45, 2.75) is 13.8 Å². The molecule has 0 fully saturated rings. The maximum Gasteiger partial charge on any atom is -0.0184 e. The maximum absolute atomic E-state index is 2.12. The summed E-state index contributed by atoms with van der Waals surface area (Å²) in [5, 5.41) is 0. The molecule has 0 nitrogen and oxygen atoms in total. The van der Waals surface area contributed by atoms with Gasteiger partial charge in [0, 0.05) is 0 Å². The van der Waals surface area contributed by atoms with Crippen LogP contribution in [0.5, 0.6) is 0 Å². The Morgan fingerprint density at radius 3 is 1.07 bits per heavy atom. The lowest BCUT2D eigenvalue weighted by Crippen LogP contribution is -1.73. The van der Waals surface area contributed by atoms with Gasteiger partial charge in [-0.25, -0.2) is 0 Å². The van der Waals surface area contributed by atoms with Crippen molar-refractivity contribution in [3.8, 4) is 11.1 Å². The Morgan fingerprint density at radius 2 is 0.786 bits per heavy atom. The van der Waals surface area contributed by atoms with E-state index in [2.05, 4.69) is 48.5 Å². The second-order valence-electron chi connectivity index (χ2n) is 2.73. The van der Waals surface area contributed by atoms with E-state index in [-0.39, 0.29) is 0 Å². The van der Waals surface area contributed by atoms with Crippen molar-refractivity contribution in [1.29, 1.82) is 0 Å². The third-order valence-electron chi connectivity index (χ3n) is 1.88. The molecule has 0 aliphatic heterocycles. The van der Waals surface area contributed by atoms with Gasteiger partial charge in [0.15, 0.2) is 0 Å². The van der Waals surface area contributed by atoms with E-state index in [9.17, 15) is 0 Å². The summed E-state index contributed by atoms with van der Waals surface area (Å²) in [5.41, 5.74) is 2.55. The van der Waals surface area contributed by atoms with Gasteiger partial charge in [0.1, 0.15) is 0 Å². The van der Waals surface area contributed by atoms with E-state index in [0.29, 0.717) is 0 Å². The third kappa shape index (κ3) is 2.74. The summed E-state index contributed by atoms with van der Waals surface area (Å²) in [7, 11) is 0. The van der Waals surface area contributed by atoms with Crippen LogP contribution < -0.4 is 0 Å². The number of hydrogen-bond acceptors (Lipinski definition) is 0. The maximum atomic E-state index is 2.12. The molecule has 0 radical (unpaired) electrons. The smallest absolute Gasteiger partial charge is 0.0184 e. The highest BCUT2D eigenvalue weighted by molar-refractivity contribution is 5.62. The van der Waals surface area contributed by atoms with Gasteiger partial charge >= 0.3 is 0 Å². The van der Waals surface area contributed by atoms with Crippen molar-refractivity contribution in [1.82, 2.24) is 0 Å². The second-order valence-corrected chi connectivity index (χ2v) is 2.73. The van der Waals surface area contributed by atoms with E-state index in [0.717, 1.165) is 0 Å². The monoisotopic (exact) mass is 184 g/mol. The van der Waals surface area contributed by atoms with Crippen molar-refractivity contribution in [2.24, 2.45) is 0 Å². The van der Waals surface area contributed by atoms with Gasteiger partial charge in [0.05, 0.1) is 0 Å². The summed E-state index contributed by atoms with van der Waals surface area (Å²) in [4.78, 5) is 0. The molecule has 14 heavy (non-hydrogen) atoms. The minimum absolute atomic E-state index is 1.28. The van der Waals surface area contributed by atoms with Crippen molar-refractivity contribution < 1.29 is 0 Å². The number of hydrogen-bond donors (Lipinski definition) is 0. The number of benzene rings is 2. The molecule has 2 aromatic rings. The molecule has 0 saturated heterocycles. The average molecular weight is 184 g/mol. The van der Waals surface area contributed by atoms with E-state index in [1.165, 1.54) is 11.1 Å². The van der Waals surface area contributed by atoms with Crippen molar-refractivity contribution in [3.63, 3.8) is 0 Å². The first kappa shape index (κ1) is 10.5. The van der Waals surface area contributed by atoms with Crippen LogP contribution in [0.2, 0.25) is 0 Å². The molecule has 0 atom stereocenters. The van der Waals surface area contributed by atoms with E-state index in [1.807, 2.05) is 26.0 Å². The van der Waals surface area contributed by atoms with Gasteiger partial charge in [0.2, 0.25) is 0 Å². The Bertz CT molecular complexity index is 297. The summed E-state index contributed by atoms with van der Waals surface area (Å²) < 4.78 is 0. The SMILES string of the molecule is CC.c1ccc(-c2ccccc2)cc1. The van der Waals surface area contributed by atoms with Crippen LogP contribution in [0.15, 0.2) is 60.7 Å². The third-order valence-corrected chi connectivity index (χ3v) is 1.88. The van der Waals surface area contributed by atoms with Gasteiger partial charge in [0.25, 0.3) is 0 Å². The zero-order chi connectivity index (χ0) is 10.2. The zero-order valence-electron chi connectivity index (χ0n) is 8.77. The van der Waals surface area contributed by atoms with Crippen LogP contribution in [0.3, 0.4) is 0 Å². The van der Waals surface area contributed by atoms with Gasteiger partial charge in [-0.3, -0.25) is 0 Å². The zero-order valence-corrected chi connectivity index (χ0v) is 8.77. The molecule has 0 unspecified atom stereocenters. The first-order chi connectivity index (χ1) is 6.97. The van der Waals surface area contributed by atoms with Crippen LogP contribution in [0.25, 0.3) is 11.1 Å². The first-order valence-electron chi connectivity index (χ1n) is 5.07. The standard InChI is InChI=1S/C12H10.C2H6/c1-3-7-11(8-4-1)12-9-5-2-6-10-12;1-2/h1-10H;1-2H3. The first-order valence-corrected chi connectivity index (χ1v) is 5.07. The Hall–Kier alpha value is -1.56. The fourth-order valence-corrected chi connectivity index (χ4v) is 1.26. The molecule has 0 heterocycles. The fraction of sp³-hybridized carbons (Fsp3) is 0.143. The Kier molecular flexibility index (Phi) is 4.49. The van der Waals surface area contributed by atoms with Gasteiger partial charge in [-0.05, 0) is 11.1 Å². The molecule has 0 aliphatic carbocycles. The number of rotatable bonds is 1. The van der Waals surface area contributed by atoms with Crippen LogP contribution in [0.4, 0.5) is 0 Å². The molecule has 0 aliphatic rings. The second kappa shape index (κ2) is 5.98. The van der Waals surface area contributed by atoms with Crippen molar-refractivity contribution in [2.75, 3.05) is 0 Å². The van der Waals surface area contributed by atoms with E-state index >= 15 is 0 Å². The largest absolute Gasteiger partial charge is 0.0683 e. The Morgan fingerprint density at radius 1 is 0.500 bits per heavy atom. The van der Waals surface area contributed by atoms with Crippen molar-refractivity contribution in [3.05, 3.63) is 60.7 Å². The molecular weight excluding hydrogens is 168 g/mol. The van der Waals surface area contributed by atoms with Crippen LogP contribution >= 0.6 is 0 Å². The lowest BCUT2D eigenvalue weighted by Gasteiger charge is -1.98. The van der Waals surface area contributed by atoms with E-state index < -0.39 is 0 Å². The Labute approximate surface area is 86.2 Å². The highest BCUT2D eigenvalue weighted by atomic mass is 14.0. The Balaban J connectivity index is 0.000000461.